The molecule has 0 unspecified atom stereocenters. The highest BCUT2D eigenvalue weighted by Crippen LogP contribution is 2.07. The van der Waals surface area contributed by atoms with Gasteiger partial charge in [-0.25, -0.2) is 4.98 Å². The molecule has 2 heterocycles. The molecule has 2 aromatic heterocycles. The van der Waals surface area contributed by atoms with Crippen LogP contribution in [0.2, 0.25) is 0 Å². The number of rotatable bonds is 3. The highest BCUT2D eigenvalue weighted by Gasteiger charge is 2.09. The van der Waals surface area contributed by atoms with Crippen molar-refractivity contribution in [3.05, 3.63) is 17.5 Å². The molecule has 1 N–H and O–H groups in total. The van der Waals surface area contributed by atoms with E-state index in [1.165, 1.54) is 7.11 Å². The van der Waals surface area contributed by atoms with Gasteiger partial charge in [0, 0.05) is 18.5 Å². The number of nitrogens with zero attached hydrogens (tertiary/aromatic N) is 4. The number of aromatic nitrogens is 4. The van der Waals surface area contributed by atoms with E-state index in [9.17, 15) is 4.79 Å². The van der Waals surface area contributed by atoms with Gasteiger partial charge >= 0.3 is 0 Å². The van der Waals surface area contributed by atoms with Crippen LogP contribution in [-0.4, -0.2) is 39.2 Å². The van der Waals surface area contributed by atoms with Crippen molar-refractivity contribution in [2.45, 2.75) is 13.8 Å². The van der Waals surface area contributed by atoms with Crippen LogP contribution in [0.3, 0.4) is 0 Å². The molecular formula is C10H13N5O2. The van der Waals surface area contributed by atoms with Crippen molar-refractivity contribution in [3.8, 4) is 0 Å². The molecular weight excluding hydrogens is 222 g/mol. The molecule has 17 heavy (non-hydrogen) atoms. The minimum absolute atomic E-state index is 0.0268. The quantitative estimate of drug-likeness (QED) is 0.828. The lowest BCUT2D eigenvalue weighted by Crippen LogP contribution is -2.18. The zero-order valence-electron chi connectivity index (χ0n) is 9.89. The fourth-order valence-corrected chi connectivity index (χ4v) is 1.51. The van der Waals surface area contributed by atoms with Crippen molar-refractivity contribution in [1.29, 1.82) is 0 Å². The molecule has 0 atom stereocenters. The van der Waals surface area contributed by atoms with Gasteiger partial charge in [-0.05, 0) is 19.9 Å². The molecule has 7 nitrogen and oxygen atoms in total. The zero-order chi connectivity index (χ0) is 12.4. The number of carbonyl (C=O) groups is 1. The van der Waals surface area contributed by atoms with Crippen LogP contribution in [0, 0.1) is 13.8 Å². The molecule has 0 saturated heterocycles. The van der Waals surface area contributed by atoms with E-state index in [1.54, 1.807) is 4.52 Å². The number of nitrogens with one attached hydrogen (secondary N) is 1. The second kappa shape index (κ2) is 4.46. The van der Waals surface area contributed by atoms with Crippen molar-refractivity contribution in [2.24, 2.45) is 0 Å². The largest absolute Gasteiger partial charge is 0.375 e. The molecule has 1 amide bonds. The van der Waals surface area contributed by atoms with Crippen molar-refractivity contribution >= 4 is 17.6 Å². The number of aryl methyl sites for hydroxylation is 2. The number of carbonyl (C=O) groups excluding carboxylic acids is 1. The number of fused-ring (bicyclic) bond motifs is 1. The second-order valence-electron chi connectivity index (χ2n) is 3.67. The van der Waals surface area contributed by atoms with Crippen LogP contribution in [0.4, 0.5) is 5.95 Å². The number of anilines is 1. The Bertz CT molecular complexity index is 563. The lowest BCUT2D eigenvalue weighted by molar-refractivity contribution is -0.119. The van der Waals surface area contributed by atoms with Crippen LogP contribution < -0.4 is 5.32 Å². The first-order valence-electron chi connectivity index (χ1n) is 5.10. The summed E-state index contributed by atoms with van der Waals surface area (Å²) in [5.41, 5.74) is 1.77. The maximum absolute atomic E-state index is 11.3. The summed E-state index contributed by atoms with van der Waals surface area (Å²) in [6.07, 6.45) is 0. The van der Waals surface area contributed by atoms with Gasteiger partial charge in [0.25, 0.3) is 17.6 Å². The molecule has 0 radical (unpaired) electrons. The van der Waals surface area contributed by atoms with E-state index >= 15 is 0 Å². The van der Waals surface area contributed by atoms with Gasteiger partial charge in [-0.2, -0.15) is 9.50 Å². The average Bonchev–Trinajstić information content (AvgIpc) is 2.60. The third-order valence-electron chi connectivity index (χ3n) is 2.14. The Hall–Kier alpha value is -2.02. The molecule has 0 spiro atoms. The summed E-state index contributed by atoms with van der Waals surface area (Å²) in [5, 5.41) is 6.66. The Morgan fingerprint density at radius 3 is 2.94 bits per heavy atom. The number of hydrogen-bond acceptors (Lipinski definition) is 5. The first-order chi connectivity index (χ1) is 8.10. The lowest BCUT2D eigenvalue weighted by Gasteiger charge is -1.98. The molecule has 2 rings (SSSR count). The number of methoxy groups -OCH3 is 1. The van der Waals surface area contributed by atoms with Gasteiger partial charge < -0.3 is 4.74 Å². The monoisotopic (exact) mass is 235 g/mol. The topological polar surface area (TPSA) is 81.4 Å². The third-order valence-corrected chi connectivity index (χ3v) is 2.14. The van der Waals surface area contributed by atoms with Crippen LogP contribution >= 0.6 is 0 Å². The summed E-state index contributed by atoms with van der Waals surface area (Å²) >= 11 is 0. The summed E-state index contributed by atoms with van der Waals surface area (Å²) in [6, 6.07) is 1.89. The highest BCUT2D eigenvalue weighted by molar-refractivity contribution is 5.90. The molecule has 0 aliphatic heterocycles. The molecule has 7 heteroatoms. The van der Waals surface area contributed by atoms with Crippen LogP contribution in [0.1, 0.15) is 11.4 Å². The predicted molar refractivity (Wildman–Crippen MR) is 60.8 cm³/mol. The molecule has 0 saturated carbocycles. The van der Waals surface area contributed by atoms with Gasteiger partial charge in [0.2, 0.25) is 0 Å². The highest BCUT2D eigenvalue weighted by atomic mass is 16.5. The Balaban J connectivity index is 2.32. The SMILES string of the molecule is COCC(=O)Nc1nc2nc(C)cc(C)n2n1. The Kier molecular flexibility index (Phi) is 3.01. The minimum atomic E-state index is -0.294. The fourth-order valence-electron chi connectivity index (χ4n) is 1.51. The summed E-state index contributed by atoms with van der Waals surface area (Å²) in [5.74, 6) is 0.404. The summed E-state index contributed by atoms with van der Waals surface area (Å²) in [6.45, 7) is 3.75. The Morgan fingerprint density at radius 2 is 2.24 bits per heavy atom. The average molecular weight is 235 g/mol. The maximum atomic E-state index is 11.3. The summed E-state index contributed by atoms with van der Waals surface area (Å²) in [7, 11) is 1.45. The molecule has 2 aromatic rings. The minimum Gasteiger partial charge on any atom is -0.375 e. The molecule has 0 bridgehead atoms. The lowest BCUT2D eigenvalue weighted by atomic mass is 10.4. The van der Waals surface area contributed by atoms with E-state index in [4.69, 9.17) is 4.74 Å². The van der Waals surface area contributed by atoms with E-state index in [2.05, 4.69) is 20.4 Å². The van der Waals surface area contributed by atoms with Crippen LogP contribution in [0.15, 0.2) is 6.07 Å². The molecule has 90 valence electrons. The van der Waals surface area contributed by atoms with Crippen molar-refractivity contribution < 1.29 is 9.53 Å². The molecule has 0 fully saturated rings. The number of ether oxygens (including phenoxy) is 1. The van der Waals surface area contributed by atoms with Crippen LogP contribution in [0.25, 0.3) is 5.78 Å². The second-order valence-corrected chi connectivity index (χ2v) is 3.67. The summed E-state index contributed by atoms with van der Waals surface area (Å²) in [4.78, 5) is 19.6. The van der Waals surface area contributed by atoms with Gasteiger partial charge in [-0.3, -0.25) is 10.1 Å². The van der Waals surface area contributed by atoms with E-state index in [0.717, 1.165) is 11.4 Å². The normalized spacial score (nSPS) is 10.8. The molecule has 0 aliphatic rings. The van der Waals surface area contributed by atoms with E-state index in [-0.39, 0.29) is 18.5 Å². The van der Waals surface area contributed by atoms with Gasteiger partial charge in [0.05, 0.1) is 0 Å². The van der Waals surface area contributed by atoms with Gasteiger partial charge in [-0.1, -0.05) is 0 Å². The number of amides is 1. The standard InChI is InChI=1S/C10H13N5O2/c1-6-4-7(2)15-10(11-6)13-9(14-15)12-8(16)5-17-3/h4H,5H2,1-3H3,(H,12,14,16). The number of hydrogen-bond donors (Lipinski definition) is 1. The third kappa shape index (κ3) is 2.39. The Morgan fingerprint density at radius 1 is 1.47 bits per heavy atom. The Labute approximate surface area is 97.8 Å². The van der Waals surface area contributed by atoms with E-state index in [1.807, 2.05) is 19.9 Å². The van der Waals surface area contributed by atoms with Crippen LogP contribution in [0.5, 0.6) is 0 Å². The van der Waals surface area contributed by atoms with Gasteiger partial charge in [0.1, 0.15) is 6.61 Å². The van der Waals surface area contributed by atoms with Gasteiger partial charge in [-0.15, -0.1) is 5.10 Å². The molecule has 0 aliphatic carbocycles. The van der Waals surface area contributed by atoms with Crippen molar-refractivity contribution in [2.75, 3.05) is 19.0 Å². The molecule has 0 aromatic carbocycles. The maximum Gasteiger partial charge on any atom is 0.254 e. The summed E-state index contributed by atoms with van der Waals surface area (Å²) < 4.78 is 6.28. The van der Waals surface area contributed by atoms with Crippen molar-refractivity contribution in [3.63, 3.8) is 0 Å². The van der Waals surface area contributed by atoms with Crippen LogP contribution in [-0.2, 0) is 9.53 Å². The fraction of sp³-hybridized carbons (Fsp3) is 0.400. The first kappa shape index (κ1) is 11.5. The zero-order valence-corrected chi connectivity index (χ0v) is 9.89. The van der Waals surface area contributed by atoms with Crippen molar-refractivity contribution in [1.82, 2.24) is 19.6 Å². The smallest absolute Gasteiger partial charge is 0.254 e. The first-order valence-corrected chi connectivity index (χ1v) is 5.10. The van der Waals surface area contributed by atoms with E-state index < -0.39 is 0 Å². The van der Waals surface area contributed by atoms with Gasteiger partial charge in [0.15, 0.2) is 0 Å². The predicted octanol–water partition coefficient (Wildman–Crippen LogP) is 0.326. The van der Waals surface area contributed by atoms with E-state index in [0.29, 0.717) is 5.78 Å².